The highest BCUT2D eigenvalue weighted by Gasteiger charge is 2.19. The molecule has 0 spiro atoms. The van der Waals surface area contributed by atoms with Crippen molar-refractivity contribution in [3.8, 4) is 0 Å². The van der Waals surface area contributed by atoms with Gasteiger partial charge in [-0.05, 0) is 70.4 Å². The predicted molar refractivity (Wildman–Crippen MR) is 211 cm³/mol. The number of carboxylic acids is 1. The molecule has 0 saturated carbocycles. The van der Waals surface area contributed by atoms with E-state index in [2.05, 4.69) is 37.4 Å². The Labute approximate surface area is 308 Å². The van der Waals surface area contributed by atoms with Crippen LogP contribution in [0.2, 0.25) is 0 Å². The molecule has 0 fully saturated rings. The molecule has 0 aromatic carbocycles. The van der Waals surface area contributed by atoms with E-state index in [0.717, 1.165) is 51.4 Å². The van der Waals surface area contributed by atoms with E-state index >= 15 is 0 Å². The Hall–Kier alpha value is -2.15. The Morgan fingerprint density at radius 1 is 0.600 bits per heavy atom. The molecular formula is C43H80N2O5. The average Bonchev–Trinajstić information content (AvgIpc) is 3.10. The lowest BCUT2D eigenvalue weighted by molar-refractivity contribution is -0.147. The molecule has 2 atom stereocenters. The number of rotatable bonds is 38. The minimum atomic E-state index is -1.02. The number of hydrogen-bond acceptors (Lipinski definition) is 5. The lowest BCUT2D eigenvalue weighted by Gasteiger charge is -2.15. The summed E-state index contributed by atoms with van der Waals surface area (Å²) in [7, 11) is 0. The summed E-state index contributed by atoms with van der Waals surface area (Å²) in [6.07, 6.45) is 42.4. The van der Waals surface area contributed by atoms with Crippen LogP contribution in [0.4, 0.5) is 0 Å². The van der Waals surface area contributed by atoms with E-state index in [-0.39, 0.29) is 18.0 Å². The molecule has 0 aliphatic heterocycles. The van der Waals surface area contributed by atoms with Crippen LogP contribution in [-0.2, 0) is 19.1 Å². The van der Waals surface area contributed by atoms with Gasteiger partial charge in [-0.2, -0.15) is 0 Å². The van der Waals surface area contributed by atoms with Gasteiger partial charge < -0.3 is 20.9 Å². The first-order valence-electron chi connectivity index (χ1n) is 21.2. The molecule has 292 valence electrons. The summed E-state index contributed by atoms with van der Waals surface area (Å²) in [5.74, 6) is -1.34. The Balaban J connectivity index is 4.23. The number of carbonyl (C=O) groups is 3. The molecule has 0 aromatic heterocycles. The number of carboxylic acid groups (broad SMARTS) is 1. The van der Waals surface area contributed by atoms with Gasteiger partial charge in [0.1, 0.15) is 12.1 Å². The van der Waals surface area contributed by atoms with Crippen molar-refractivity contribution in [2.24, 2.45) is 5.73 Å². The van der Waals surface area contributed by atoms with Crippen molar-refractivity contribution in [3.05, 3.63) is 24.3 Å². The largest absolute Gasteiger partial charge is 0.480 e. The zero-order chi connectivity index (χ0) is 36.8. The SMILES string of the molecule is CCCCC/C=C\C/C=C\C(CCCCCCC(=O)NC(CCCN)C(=O)O)OC(=O)CCCCCCCCCCCCCCCCCCC. The van der Waals surface area contributed by atoms with E-state index in [1.54, 1.807) is 0 Å². The van der Waals surface area contributed by atoms with E-state index in [1.165, 1.54) is 116 Å². The summed E-state index contributed by atoms with van der Waals surface area (Å²) >= 11 is 0. The number of carbonyl (C=O) groups excluding carboxylic acids is 2. The highest BCUT2D eigenvalue weighted by Crippen LogP contribution is 2.16. The second kappa shape index (κ2) is 38.1. The number of allylic oxidation sites excluding steroid dienone is 3. The first-order chi connectivity index (χ1) is 24.4. The van der Waals surface area contributed by atoms with Gasteiger partial charge in [0, 0.05) is 12.8 Å². The quantitative estimate of drug-likeness (QED) is 0.0334. The average molecular weight is 705 g/mol. The molecule has 50 heavy (non-hydrogen) atoms. The van der Waals surface area contributed by atoms with Crippen molar-refractivity contribution in [2.75, 3.05) is 6.54 Å². The van der Waals surface area contributed by atoms with Crippen LogP contribution >= 0.6 is 0 Å². The fourth-order valence-electron chi connectivity index (χ4n) is 6.28. The van der Waals surface area contributed by atoms with Crippen LogP contribution < -0.4 is 11.1 Å². The fraction of sp³-hybridized carbons (Fsp3) is 0.837. The first-order valence-corrected chi connectivity index (χ1v) is 21.2. The smallest absolute Gasteiger partial charge is 0.326 e. The number of unbranched alkanes of at least 4 members (excludes halogenated alkanes) is 22. The number of nitrogens with one attached hydrogen (secondary N) is 1. The third-order valence-corrected chi connectivity index (χ3v) is 9.50. The van der Waals surface area contributed by atoms with Crippen LogP contribution in [0, 0.1) is 0 Å². The first kappa shape index (κ1) is 47.8. The van der Waals surface area contributed by atoms with Gasteiger partial charge >= 0.3 is 11.9 Å². The monoisotopic (exact) mass is 705 g/mol. The zero-order valence-corrected chi connectivity index (χ0v) is 32.7. The third kappa shape index (κ3) is 34.3. The molecular weight excluding hydrogens is 624 g/mol. The van der Waals surface area contributed by atoms with Gasteiger partial charge in [0.2, 0.25) is 5.91 Å². The molecule has 1 amide bonds. The van der Waals surface area contributed by atoms with Crippen LogP contribution in [0.5, 0.6) is 0 Å². The normalized spacial score (nSPS) is 12.9. The minimum Gasteiger partial charge on any atom is -0.480 e. The Morgan fingerprint density at radius 3 is 1.64 bits per heavy atom. The van der Waals surface area contributed by atoms with Crippen LogP contribution in [0.15, 0.2) is 24.3 Å². The predicted octanol–water partition coefficient (Wildman–Crippen LogP) is 11.7. The lowest BCUT2D eigenvalue weighted by Crippen LogP contribution is -2.40. The third-order valence-electron chi connectivity index (χ3n) is 9.50. The summed E-state index contributed by atoms with van der Waals surface area (Å²) in [4.78, 5) is 36.3. The van der Waals surface area contributed by atoms with Gasteiger partial charge in [-0.3, -0.25) is 9.59 Å². The van der Waals surface area contributed by atoms with Gasteiger partial charge in [-0.15, -0.1) is 0 Å². The number of aliphatic carboxylic acids is 1. The summed E-state index contributed by atoms with van der Waals surface area (Å²) in [6, 6.07) is -0.872. The fourth-order valence-corrected chi connectivity index (χ4v) is 6.28. The van der Waals surface area contributed by atoms with Gasteiger partial charge in [-0.1, -0.05) is 160 Å². The molecule has 0 aromatic rings. The lowest BCUT2D eigenvalue weighted by atomic mass is 10.0. The highest BCUT2D eigenvalue weighted by atomic mass is 16.5. The standard InChI is InChI=1S/C43H80N2O5/c1-3-5-7-9-11-13-14-15-16-17-18-19-20-21-23-25-31-37-42(47)50-39(33-28-24-22-12-10-8-6-4-2)34-29-26-27-30-36-41(46)45-40(43(48)49)35-32-38-44/h12,22,28,33,39-40H,3-11,13-21,23-27,29-32,34-38,44H2,1-2H3,(H,45,46)(H,48,49)/b22-12-,33-28-. The van der Waals surface area contributed by atoms with Gasteiger partial charge in [-0.25, -0.2) is 4.79 Å². The van der Waals surface area contributed by atoms with E-state index in [0.29, 0.717) is 38.6 Å². The topological polar surface area (TPSA) is 119 Å². The Morgan fingerprint density at radius 2 is 1.10 bits per heavy atom. The Bertz CT molecular complexity index is 843. The van der Waals surface area contributed by atoms with E-state index < -0.39 is 12.0 Å². The van der Waals surface area contributed by atoms with Gasteiger partial charge in [0.05, 0.1) is 0 Å². The molecule has 0 aliphatic rings. The molecule has 7 nitrogen and oxygen atoms in total. The maximum absolute atomic E-state index is 12.7. The Kier molecular flexibility index (Phi) is 36.5. The number of esters is 1. The summed E-state index contributed by atoms with van der Waals surface area (Å²) in [5, 5.41) is 11.9. The number of amides is 1. The van der Waals surface area contributed by atoms with Crippen molar-refractivity contribution in [1.82, 2.24) is 5.32 Å². The molecule has 0 radical (unpaired) electrons. The van der Waals surface area contributed by atoms with Crippen LogP contribution in [0.1, 0.15) is 213 Å². The summed E-state index contributed by atoms with van der Waals surface area (Å²) in [6.45, 7) is 4.90. The van der Waals surface area contributed by atoms with Crippen molar-refractivity contribution < 1.29 is 24.2 Å². The molecule has 0 rings (SSSR count). The van der Waals surface area contributed by atoms with Crippen LogP contribution in [0.25, 0.3) is 0 Å². The molecule has 2 unspecified atom stereocenters. The second-order valence-corrected chi connectivity index (χ2v) is 14.4. The van der Waals surface area contributed by atoms with Crippen LogP contribution in [-0.4, -0.2) is 41.6 Å². The number of nitrogens with two attached hydrogens (primary N) is 1. The maximum Gasteiger partial charge on any atom is 0.326 e. The van der Waals surface area contributed by atoms with Crippen LogP contribution in [0.3, 0.4) is 0 Å². The molecule has 4 N–H and O–H groups in total. The van der Waals surface area contributed by atoms with Crippen molar-refractivity contribution in [1.29, 1.82) is 0 Å². The summed E-state index contributed by atoms with van der Waals surface area (Å²) < 4.78 is 5.90. The van der Waals surface area contributed by atoms with Crippen molar-refractivity contribution >= 4 is 17.8 Å². The molecule has 0 bridgehead atoms. The van der Waals surface area contributed by atoms with Crippen molar-refractivity contribution in [3.63, 3.8) is 0 Å². The van der Waals surface area contributed by atoms with Gasteiger partial charge in [0.25, 0.3) is 0 Å². The number of hydrogen-bond donors (Lipinski definition) is 3. The van der Waals surface area contributed by atoms with E-state index in [1.807, 2.05) is 6.08 Å². The number of ether oxygens (including phenoxy) is 1. The van der Waals surface area contributed by atoms with Gasteiger partial charge in [0.15, 0.2) is 0 Å². The molecule has 0 aliphatic carbocycles. The second-order valence-electron chi connectivity index (χ2n) is 14.4. The molecule has 0 heterocycles. The molecule has 0 saturated heterocycles. The maximum atomic E-state index is 12.7. The highest BCUT2D eigenvalue weighted by molar-refractivity contribution is 5.83. The summed E-state index contributed by atoms with van der Waals surface area (Å²) in [5.41, 5.74) is 5.48. The molecule has 7 heteroatoms. The minimum absolute atomic E-state index is 0.102. The van der Waals surface area contributed by atoms with Crippen molar-refractivity contribution in [2.45, 2.75) is 225 Å². The van der Waals surface area contributed by atoms with E-state index in [9.17, 15) is 19.5 Å². The zero-order valence-electron chi connectivity index (χ0n) is 32.7. The van der Waals surface area contributed by atoms with E-state index in [4.69, 9.17) is 10.5 Å².